The fraction of sp³-hybridized carbons (Fsp3) is 0.115. The van der Waals surface area contributed by atoms with Crippen molar-refractivity contribution in [3.05, 3.63) is 90.6 Å². The second kappa shape index (κ2) is 8.24. The number of fused-ring (bicyclic) bond motifs is 1. The molecule has 4 N–H and O–H groups in total. The molecular weight excluding hydrogens is 396 g/mol. The number of hydrogen-bond acceptors (Lipinski definition) is 5. The molecule has 0 aliphatic rings. The Hall–Kier alpha value is -4.03. The minimum Gasteiger partial charge on any atom is -0.383 e. The fourth-order valence-electron chi connectivity index (χ4n) is 3.91. The molecule has 6 nitrogen and oxygen atoms in total. The fourth-order valence-corrected chi connectivity index (χ4v) is 3.91. The molecule has 5 aromatic rings. The maximum Gasteiger partial charge on any atom is 0.165 e. The summed E-state index contributed by atoms with van der Waals surface area (Å²) >= 11 is 0. The zero-order valence-corrected chi connectivity index (χ0v) is 17.8. The highest BCUT2D eigenvalue weighted by Gasteiger charge is 2.18. The topological polar surface area (TPSA) is 95.6 Å². The van der Waals surface area contributed by atoms with E-state index in [4.69, 9.17) is 21.4 Å². The largest absolute Gasteiger partial charge is 0.383 e. The number of anilines is 1. The Morgan fingerprint density at radius 3 is 2.38 bits per heavy atom. The van der Waals surface area contributed by atoms with E-state index >= 15 is 0 Å². The number of benzene rings is 2. The van der Waals surface area contributed by atoms with Crippen molar-refractivity contribution in [3.8, 4) is 28.3 Å². The predicted octanol–water partition coefficient (Wildman–Crippen LogP) is 4.62. The van der Waals surface area contributed by atoms with Gasteiger partial charge in [0.25, 0.3) is 0 Å². The molecule has 3 aromatic heterocycles. The van der Waals surface area contributed by atoms with E-state index in [0.29, 0.717) is 11.6 Å². The van der Waals surface area contributed by atoms with Gasteiger partial charge in [-0.05, 0) is 55.3 Å². The average Bonchev–Trinajstić information content (AvgIpc) is 3.18. The Bertz CT molecular complexity index is 1370. The predicted molar refractivity (Wildman–Crippen MR) is 129 cm³/mol. The molecule has 5 rings (SSSR count). The van der Waals surface area contributed by atoms with Crippen molar-refractivity contribution >= 4 is 17.0 Å². The molecule has 0 aliphatic heterocycles. The molecule has 0 amide bonds. The molecule has 0 aliphatic carbocycles. The maximum atomic E-state index is 6.22. The van der Waals surface area contributed by atoms with Crippen LogP contribution in [0.15, 0.2) is 85.1 Å². The van der Waals surface area contributed by atoms with E-state index in [-0.39, 0.29) is 6.04 Å². The van der Waals surface area contributed by atoms with Gasteiger partial charge in [-0.15, -0.1) is 0 Å². The third-order valence-electron chi connectivity index (χ3n) is 5.41. The van der Waals surface area contributed by atoms with Gasteiger partial charge in [-0.3, -0.25) is 4.57 Å². The van der Waals surface area contributed by atoms with Crippen LogP contribution in [0.3, 0.4) is 0 Å². The lowest BCUT2D eigenvalue weighted by Crippen LogP contribution is -2.17. The summed E-state index contributed by atoms with van der Waals surface area (Å²) in [6.45, 7) is 2.01. The Balaban J connectivity index is 1.73. The van der Waals surface area contributed by atoms with Crippen LogP contribution in [0.5, 0.6) is 0 Å². The molecule has 32 heavy (non-hydrogen) atoms. The Kier molecular flexibility index (Phi) is 5.13. The standard InChI is InChI=1S/C26H24N6/c1-17(27)16-18-9-11-20(12-10-18)32-25(21-8-5-15-29-24(21)28)31-23-14-13-22(30-26(23)32)19-6-3-2-4-7-19/h2-15,17H,16,27H2,1H3,(H2,28,29). The molecule has 6 heteroatoms. The summed E-state index contributed by atoms with van der Waals surface area (Å²) in [5.74, 6) is 1.14. The minimum atomic E-state index is 0.107. The molecule has 1 atom stereocenters. The minimum absolute atomic E-state index is 0.107. The van der Waals surface area contributed by atoms with Crippen LogP contribution in [0.1, 0.15) is 12.5 Å². The van der Waals surface area contributed by atoms with Gasteiger partial charge in [0.05, 0.1) is 11.3 Å². The van der Waals surface area contributed by atoms with Gasteiger partial charge in [-0.25, -0.2) is 15.0 Å². The van der Waals surface area contributed by atoms with Gasteiger partial charge in [-0.1, -0.05) is 42.5 Å². The second-order valence-corrected chi connectivity index (χ2v) is 7.96. The van der Waals surface area contributed by atoms with Gasteiger partial charge >= 0.3 is 0 Å². The first-order valence-corrected chi connectivity index (χ1v) is 10.6. The van der Waals surface area contributed by atoms with Gasteiger partial charge < -0.3 is 11.5 Å². The number of nitrogens with zero attached hydrogens (tertiary/aromatic N) is 4. The summed E-state index contributed by atoms with van der Waals surface area (Å²) < 4.78 is 2.05. The highest BCUT2D eigenvalue weighted by molar-refractivity contribution is 5.84. The van der Waals surface area contributed by atoms with E-state index in [9.17, 15) is 0 Å². The van der Waals surface area contributed by atoms with Crippen molar-refractivity contribution < 1.29 is 0 Å². The van der Waals surface area contributed by atoms with Crippen molar-refractivity contribution in [2.24, 2.45) is 5.73 Å². The molecule has 0 saturated heterocycles. The van der Waals surface area contributed by atoms with Crippen molar-refractivity contribution in [2.45, 2.75) is 19.4 Å². The zero-order valence-electron chi connectivity index (χ0n) is 17.8. The van der Waals surface area contributed by atoms with Gasteiger partial charge in [0.15, 0.2) is 11.5 Å². The number of rotatable bonds is 5. The van der Waals surface area contributed by atoms with Gasteiger partial charge in [0.1, 0.15) is 11.3 Å². The quantitative estimate of drug-likeness (QED) is 0.432. The first-order valence-electron chi connectivity index (χ1n) is 10.6. The lowest BCUT2D eigenvalue weighted by Gasteiger charge is -2.12. The SMILES string of the molecule is CC(N)Cc1ccc(-n2c(-c3cccnc3N)nc3ccc(-c4ccccc4)nc32)cc1. The lowest BCUT2D eigenvalue weighted by atomic mass is 10.1. The third-order valence-corrected chi connectivity index (χ3v) is 5.41. The van der Waals surface area contributed by atoms with Crippen LogP contribution in [-0.2, 0) is 6.42 Å². The molecule has 2 aromatic carbocycles. The van der Waals surface area contributed by atoms with Crippen LogP contribution in [0, 0.1) is 0 Å². The van der Waals surface area contributed by atoms with E-state index in [0.717, 1.165) is 40.1 Å². The summed E-state index contributed by atoms with van der Waals surface area (Å²) in [4.78, 5) is 14.1. The Morgan fingerprint density at radius 1 is 0.875 bits per heavy atom. The highest BCUT2D eigenvalue weighted by Crippen LogP contribution is 2.31. The first-order chi connectivity index (χ1) is 15.6. The monoisotopic (exact) mass is 420 g/mol. The Labute approximate surface area is 186 Å². The smallest absolute Gasteiger partial charge is 0.165 e. The third kappa shape index (κ3) is 3.72. The summed E-state index contributed by atoms with van der Waals surface area (Å²) in [6.07, 6.45) is 2.50. The van der Waals surface area contributed by atoms with Crippen LogP contribution >= 0.6 is 0 Å². The van der Waals surface area contributed by atoms with Crippen LogP contribution in [0.25, 0.3) is 39.5 Å². The maximum absolute atomic E-state index is 6.22. The van der Waals surface area contributed by atoms with Crippen LogP contribution in [-0.4, -0.2) is 25.6 Å². The van der Waals surface area contributed by atoms with Crippen LogP contribution in [0.2, 0.25) is 0 Å². The summed E-state index contributed by atoms with van der Waals surface area (Å²) in [7, 11) is 0. The Morgan fingerprint density at radius 2 is 1.66 bits per heavy atom. The summed E-state index contributed by atoms with van der Waals surface area (Å²) in [5.41, 5.74) is 18.6. The first kappa shape index (κ1) is 19.9. The van der Waals surface area contributed by atoms with Crippen molar-refractivity contribution in [1.82, 2.24) is 19.5 Å². The number of imidazole rings is 1. The van der Waals surface area contributed by atoms with Gasteiger partial charge in [-0.2, -0.15) is 0 Å². The van der Waals surface area contributed by atoms with Crippen LogP contribution < -0.4 is 11.5 Å². The molecule has 0 saturated carbocycles. The van der Waals surface area contributed by atoms with E-state index < -0.39 is 0 Å². The normalized spacial score (nSPS) is 12.2. The van der Waals surface area contributed by atoms with E-state index in [2.05, 4.69) is 41.4 Å². The lowest BCUT2D eigenvalue weighted by molar-refractivity contribution is 0.738. The number of nitrogen functional groups attached to an aromatic ring is 1. The van der Waals surface area contributed by atoms with Crippen LogP contribution in [0.4, 0.5) is 5.82 Å². The molecule has 3 heterocycles. The van der Waals surface area contributed by atoms with Crippen molar-refractivity contribution in [2.75, 3.05) is 5.73 Å². The molecule has 1 unspecified atom stereocenters. The van der Waals surface area contributed by atoms with Crippen molar-refractivity contribution in [3.63, 3.8) is 0 Å². The zero-order chi connectivity index (χ0) is 22.1. The molecule has 0 spiro atoms. The number of hydrogen-bond donors (Lipinski definition) is 2. The second-order valence-electron chi connectivity index (χ2n) is 7.96. The van der Waals surface area contributed by atoms with Gasteiger partial charge in [0.2, 0.25) is 0 Å². The summed E-state index contributed by atoms with van der Waals surface area (Å²) in [5, 5.41) is 0. The molecule has 0 bridgehead atoms. The summed E-state index contributed by atoms with van der Waals surface area (Å²) in [6, 6.07) is 26.4. The highest BCUT2D eigenvalue weighted by atomic mass is 15.1. The van der Waals surface area contributed by atoms with E-state index in [1.165, 1.54) is 5.56 Å². The molecule has 158 valence electrons. The van der Waals surface area contributed by atoms with E-state index in [1.54, 1.807) is 6.20 Å². The number of aromatic nitrogens is 4. The van der Waals surface area contributed by atoms with Gasteiger partial charge in [0, 0.05) is 23.5 Å². The van der Waals surface area contributed by atoms with Crippen molar-refractivity contribution in [1.29, 1.82) is 0 Å². The molecule has 0 radical (unpaired) electrons. The number of nitrogens with two attached hydrogens (primary N) is 2. The number of pyridine rings is 2. The van der Waals surface area contributed by atoms with E-state index in [1.807, 2.05) is 54.0 Å². The average molecular weight is 421 g/mol. The molecule has 0 fully saturated rings. The molecular formula is C26H24N6.